The number of ether oxygens (including phenoxy) is 1. The molecule has 0 amide bonds. The zero-order valence-electron chi connectivity index (χ0n) is 12.9. The van der Waals surface area contributed by atoms with E-state index in [0.717, 1.165) is 19.5 Å². The van der Waals surface area contributed by atoms with Gasteiger partial charge in [-0.2, -0.15) is 0 Å². The number of nitrogens with zero attached hydrogens (tertiary/aromatic N) is 3. The highest BCUT2D eigenvalue weighted by molar-refractivity contribution is 7.89. The molecule has 0 aromatic carbocycles. The molecule has 2 aliphatic heterocycles. The predicted molar refractivity (Wildman–Crippen MR) is 83.8 cm³/mol. The van der Waals surface area contributed by atoms with Crippen LogP contribution in [0.1, 0.15) is 18.9 Å². The summed E-state index contributed by atoms with van der Waals surface area (Å²) in [6.07, 6.45) is 4.50. The fraction of sp³-hybridized carbons (Fsp3) is 0.667. The smallest absolute Gasteiger partial charge is 0.213 e. The average Bonchev–Trinajstić information content (AvgIpc) is 2.56. The van der Waals surface area contributed by atoms with E-state index in [0.29, 0.717) is 19.7 Å². The second-order valence-electron chi connectivity index (χ2n) is 5.85. The Balaban J connectivity index is 1.74. The number of hydrogen-bond acceptors (Lipinski definition) is 5. The van der Waals surface area contributed by atoms with E-state index in [1.54, 1.807) is 23.6 Å². The maximum absolute atomic E-state index is 12.2. The summed E-state index contributed by atoms with van der Waals surface area (Å²) in [5.74, 6) is 0.162. The minimum absolute atomic E-state index is 0.136. The first-order valence-corrected chi connectivity index (χ1v) is 9.43. The molecule has 0 unspecified atom stereocenters. The Bertz CT molecular complexity index is 593. The SMILES string of the molecule is CCS(=O)(=O)N1CC[C@H]2OCCN(Cc3ccncc3)[C@@H]2C1. The largest absolute Gasteiger partial charge is 0.375 e. The molecule has 0 spiro atoms. The molecule has 1 aromatic rings. The number of fused-ring (bicyclic) bond motifs is 1. The van der Waals surface area contributed by atoms with Crippen molar-refractivity contribution in [2.45, 2.75) is 32.0 Å². The van der Waals surface area contributed by atoms with Crippen molar-refractivity contribution in [1.82, 2.24) is 14.2 Å². The third-order valence-corrected chi connectivity index (χ3v) is 6.40. The van der Waals surface area contributed by atoms with Gasteiger partial charge in [0.25, 0.3) is 0 Å². The fourth-order valence-corrected chi connectivity index (χ4v) is 4.40. The number of morpholine rings is 1. The maximum atomic E-state index is 12.2. The summed E-state index contributed by atoms with van der Waals surface area (Å²) in [6.45, 7) is 5.17. The molecule has 6 nitrogen and oxygen atoms in total. The molecule has 2 fully saturated rings. The number of piperidine rings is 1. The molecule has 2 saturated heterocycles. The number of pyridine rings is 1. The van der Waals surface area contributed by atoms with Gasteiger partial charge in [0.2, 0.25) is 10.0 Å². The third kappa shape index (κ3) is 3.32. The summed E-state index contributed by atoms with van der Waals surface area (Å²) in [7, 11) is -3.13. The van der Waals surface area contributed by atoms with Crippen molar-refractivity contribution in [3.8, 4) is 0 Å². The molecule has 2 aliphatic rings. The van der Waals surface area contributed by atoms with E-state index in [2.05, 4.69) is 9.88 Å². The lowest BCUT2D eigenvalue weighted by Gasteiger charge is -2.46. The van der Waals surface area contributed by atoms with Gasteiger partial charge in [0.1, 0.15) is 0 Å². The van der Waals surface area contributed by atoms with Crippen molar-refractivity contribution in [2.75, 3.05) is 32.0 Å². The molecule has 0 bridgehead atoms. The molecular formula is C15H23N3O3S. The van der Waals surface area contributed by atoms with Gasteiger partial charge >= 0.3 is 0 Å². The second-order valence-corrected chi connectivity index (χ2v) is 8.11. The van der Waals surface area contributed by atoms with Crippen LogP contribution in [0, 0.1) is 0 Å². The van der Waals surface area contributed by atoms with Gasteiger partial charge in [-0.3, -0.25) is 9.88 Å². The van der Waals surface area contributed by atoms with Crippen molar-refractivity contribution in [3.05, 3.63) is 30.1 Å². The summed E-state index contributed by atoms with van der Waals surface area (Å²) >= 11 is 0. The normalized spacial score (nSPS) is 27.5. The first-order chi connectivity index (χ1) is 10.6. The van der Waals surface area contributed by atoms with Crippen LogP contribution in [0.3, 0.4) is 0 Å². The molecule has 0 N–H and O–H groups in total. The van der Waals surface area contributed by atoms with Gasteiger partial charge in [0.05, 0.1) is 24.5 Å². The van der Waals surface area contributed by atoms with E-state index in [4.69, 9.17) is 4.74 Å². The molecule has 0 saturated carbocycles. The van der Waals surface area contributed by atoms with Crippen LogP contribution in [0.15, 0.2) is 24.5 Å². The highest BCUT2D eigenvalue weighted by Gasteiger charge is 2.39. The first-order valence-electron chi connectivity index (χ1n) is 7.82. The van der Waals surface area contributed by atoms with Crippen molar-refractivity contribution < 1.29 is 13.2 Å². The summed E-state index contributed by atoms with van der Waals surface area (Å²) in [6, 6.07) is 4.15. The van der Waals surface area contributed by atoms with Gasteiger partial charge in [-0.05, 0) is 31.0 Å². The predicted octanol–water partition coefficient (Wildman–Crippen LogP) is 0.706. The average molecular weight is 325 g/mol. The highest BCUT2D eigenvalue weighted by atomic mass is 32.2. The minimum atomic E-state index is -3.13. The Morgan fingerprint density at radius 3 is 2.82 bits per heavy atom. The van der Waals surface area contributed by atoms with E-state index >= 15 is 0 Å². The standard InChI is InChI=1S/C15H23N3O3S/c1-2-22(19,20)18-8-5-15-14(12-18)17(9-10-21-15)11-13-3-6-16-7-4-13/h3-4,6-7,14-15H,2,5,8-12H2,1H3/t14-,15-/m1/s1. The van der Waals surface area contributed by atoms with Crippen LogP contribution in [0.25, 0.3) is 0 Å². The lowest BCUT2D eigenvalue weighted by atomic mass is 9.99. The van der Waals surface area contributed by atoms with Crippen molar-refractivity contribution >= 4 is 10.0 Å². The Morgan fingerprint density at radius 2 is 2.09 bits per heavy atom. The monoisotopic (exact) mass is 325 g/mol. The molecule has 7 heteroatoms. The van der Waals surface area contributed by atoms with Crippen LogP contribution in [0.2, 0.25) is 0 Å². The first kappa shape index (κ1) is 15.9. The molecular weight excluding hydrogens is 302 g/mol. The Kier molecular flexibility index (Phi) is 4.77. The zero-order valence-corrected chi connectivity index (χ0v) is 13.7. The molecule has 22 heavy (non-hydrogen) atoms. The van der Waals surface area contributed by atoms with Gasteiger partial charge < -0.3 is 4.74 Å². The second kappa shape index (κ2) is 6.62. The highest BCUT2D eigenvalue weighted by Crippen LogP contribution is 2.26. The van der Waals surface area contributed by atoms with Crippen molar-refractivity contribution in [3.63, 3.8) is 0 Å². The summed E-state index contributed by atoms with van der Waals surface area (Å²) in [5, 5.41) is 0. The number of rotatable bonds is 4. The molecule has 3 heterocycles. The number of hydrogen-bond donors (Lipinski definition) is 0. The molecule has 122 valence electrons. The van der Waals surface area contributed by atoms with Crippen LogP contribution >= 0.6 is 0 Å². The summed E-state index contributed by atoms with van der Waals surface area (Å²) in [4.78, 5) is 6.39. The Hall–Kier alpha value is -1.02. The van der Waals surface area contributed by atoms with Crippen LogP contribution < -0.4 is 0 Å². The Morgan fingerprint density at radius 1 is 1.32 bits per heavy atom. The van der Waals surface area contributed by atoms with Crippen LogP contribution in [0.5, 0.6) is 0 Å². The lowest BCUT2D eigenvalue weighted by Crippen LogP contribution is -2.60. The summed E-state index contributed by atoms with van der Waals surface area (Å²) in [5.41, 5.74) is 1.20. The minimum Gasteiger partial charge on any atom is -0.375 e. The van der Waals surface area contributed by atoms with Crippen LogP contribution in [-0.2, 0) is 21.3 Å². The van der Waals surface area contributed by atoms with Crippen molar-refractivity contribution in [1.29, 1.82) is 0 Å². The van der Waals surface area contributed by atoms with E-state index in [-0.39, 0.29) is 17.9 Å². The van der Waals surface area contributed by atoms with E-state index < -0.39 is 10.0 Å². The van der Waals surface area contributed by atoms with Gasteiger partial charge in [-0.25, -0.2) is 12.7 Å². The Labute approximate surface area is 132 Å². The topological polar surface area (TPSA) is 62.7 Å². The van der Waals surface area contributed by atoms with Gasteiger partial charge in [0.15, 0.2) is 0 Å². The zero-order chi connectivity index (χ0) is 15.6. The van der Waals surface area contributed by atoms with E-state index in [1.165, 1.54) is 5.56 Å². The summed E-state index contributed by atoms with van der Waals surface area (Å²) < 4.78 is 31.8. The lowest BCUT2D eigenvalue weighted by molar-refractivity contribution is -0.0958. The van der Waals surface area contributed by atoms with Gasteiger partial charge in [-0.15, -0.1) is 0 Å². The van der Waals surface area contributed by atoms with Crippen LogP contribution in [-0.4, -0.2) is 66.7 Å². The molecule has 2 atom stereocenters. The molecule has 0 radical (unpaired) electrons. The quantitative estimate of drug-likeness (QED) is 0.816. The maximum Gasteiger partial charge on any atom is 0.213 e. The number of aromatic nitrogens is 1. The van der Waals surface area contributed by atoms with Gasteiger partial charge in [0, 0.05) is 38.6 Å². The van der Waals surface area contributed by atoms with E-state index in [1.807, 2.05) is 12.1 Å². The van der Waals surface area contributed by atoms with Crippen molar-refractivity contribution in [2.24, 2.45) is 0 Å². The molecule has 0 aliphatic carbocycles. The molecule has 1 aromatic heterocycles. The van der Waals surface area contributed by atoms with Crippen LogP contribution in [0.4, 0.5) is 0 Å². The fourth-order valence-electron chi connectivity index (χ4n) is 3.27. The molecule has 3 rings (SSSR count). The number of sulfonamides is 1. The third-order valence-electron chi connectivity index (χ3n) is 4.56. The van der Waals surface area contributed by atoms with Gasteiger partial charge in [-0.1, -0.05) is 0 Å². The van der Waals surface area contributed by atoms with E-state index in [9.17, 15) is 8.42 Å².